The number of non-ortho nitro benzene ring substituents is 1. The Morgan fingerprint density at radius 2 is 2.33 bits per heavy atom. The predicted octanol–water partition coefficient (Wildman–Crippen LogP) is 1.59. The monoisotopic (exact) mass is 251 g/mol. The molecule has 7 nitrogen and oxygen atoms in total. The Bertz CT molecular complexity index is 489. The van der Waals surface area contributed by atoms with Crippen molar-refractivity contribution in [2.45, 2.75) is 6.54 Å². The lowest BCUT2D eigenvalue weighted by molar-refractivity contribution is -0.384. The predicted molar refractivity (Wildman–Crippen MR) is 64.4 cm³/mol. The SMILES string of the molecule is COCCN1Cc2ccc([N+](=O)[O-])cc2NC1=O. The fourth-order valence-electron chi connectivity index (χ4n) is 1.79. The molecule has 96 valence electrons. The van der Waals surface area contributed by atoms with Crippen molar-refractivity contribution in [1.29, 1.82) is 0 Å². The van der Waals surface area contributed by atoms with Gasteiger partial charge < -0.3 is 15.0 Å². The van der Waals surface area contributed by atoms with Gasteiger partial charge in [-0.2, -0.15) is 0 Å². The van der Waals surface area contributed by atoms with Gasteiger partial charge in [-0.1, -0.05) is 0 Å². The first-order chi connectivity index (χ1) is 8.61. The van der Waals surface area contributed by atoms with E-state index in [0.29, 0.717) is 25.4 Å². The van der Waals surface area contributed by atoms with Crippen LogP contribution >= 0.6 is 0 Å². The van der Waals surface area contributed by atoms with Crippen molar-refractivity contribution in [2.75, 3.05) is 25.6 Å². The highest BCUT2D eigenvalue weighted by molar-refractivity contribution is 5.92. The number of amides is 2. The fourth-order valence-corrected chi connectivity index (χ4v) is 1.79. The average Bonchev–Trinajstić information content (AvgIpc) is 2.35. The van der Waals surface area contributed by atoms with Crippen LogP contribution in [0, 0.1) is 10.1 Å². The number of ether oxygens (including phenoxy) is 1. The number of nitrogens with one attached hydrogen (secondary N) is 1. The van der Waals surface area contributed by atoms with Crippen molar-refractivity contribution in [2.24, 2.45) is 0 Å². The maximum absolute atomic E-state index is 11.7. The molecule has 0 atom stereocenters. The summed E-state index contributed by atoms with van der Waals surface area (Å²) in [5.74, 6) is 0. The zero-order valence-electron chi connectivity index (χ0n) is 9.88. The molecule has 0 saturated carbocycles. The van der Waals surface area contributed by atoms with Crippen molar-refractivity contribution in [3.63, 3.8) is 0 Å². The van der Waals surface area contributed by atoms with Gasteiger partial charge in [0, 0.05) is 32.3 Å². The molecule has 0 fully saturated rings. The molecule has 0 aromatic heterocycles. The molecule has 1 aliphatic heterocycles. The first kappa shape index (κ1) is 12.3. The van der Waals surface area contributed by atoms with Crippen LogP contribution in [0.1, 0.15) is 5.56 Å². The maximum atomic E-state index is 11.7. The molecular weight excluding hydrogens is 238 g/mol. The lowest BCUT2D eigenvalue weighted by Gasteiger charge is -2.28. The number of urea groups is 1. The van der Waals surface area contributed by atoms with E-state index >= 15 is 0 Å². The molecule has 0 aliphatic carbocycles. The van der Waals surface area contributed by atoms with Crippen molar-refractivity contribution < 1.29 is 14.5 Å². The molecule has 1 aliphatic rings. The summed E-state index contributed by atoms with van der Waals surface area (Å²) in [6, 6.07) is 4.21. The second-order valence-corrected chi connectivity index (χ2v) is 3.94. The zero-order valence-corrected chi connectivity index (χ0v) is 9.88. The molecule has 7 heteroatoms. The lowest BCUT2D eigenvalue weighted by atomic mass is 10.1. The summed E-state index contributed by atoms with van der Waals surface area (Å²) in [6.45, 7) is 1.37. The number of benzene rings is 1. The normalized spacial score (nSPS) is 14.1. The Balaban J connectivity index is 2.20. The number of hydrogen-bond acceptors (Lipinski definition) is 4. The third-order valence-electron chi connectivity index (χ3n) is 2.76. The van der Waals surface area contributed by atoms with Gasteiger partial charge in [0.2, 0.25) is 0 Å². The molecule has 2 rings (SSSR count). The minimum atomic E-state index is -0.482. The minimum Gasteiger partial charge on any atom is -0.383 e. The van der Waals surface area contributed by atoms with E-state index in [2.05, 4.69) is 5.32 Å². The number of carbonyl (C=O) groups is 1. The summed E-state index contributed by atoms with van der Waals surface area (Å²) in [5, 5.41) is 13.3. The van der Waals surface area contributed by atoms with Crippen LogP contribution in [-0.2, 0) is 11.3 Å². The number of fused-ring (bicyclic) bond motifs is 1. The minimum absolute atomic E-state index is 0.0283. The van der Waals surface area contributed by atoms with Crippen LogP contribution < -0.4 is 5.32 Å². The number of methoxy groups -OCH3 is 1. The summed E-state index contributed by atoms with van der Waals surface area (Å²) in [5.41, 5.74) is 1.33. The van der Waals surface area contributed by atoms with E-state index in [1.165, 1.54) is 12.1 Å². The smallest absolute Gasteiger partial charge is 0.322 e. The molecule has 0 unspecified atom stereocenters. The highest BCUT2D eigenvalue weighted by Gasteiger charge is 2.23. The lowest BCUT2D eigenvalue weighted by Crippen LogP contribution is -2.40. The van der Waals surface area contributed by atoms with Crippen molar-refractivity contribution in [1.82, 2.24) is 4.90 Å². The molecule has 0 bridgehead atoms. The van der Waals surface area contributed by atoms with Crippen LogP contribution in [0.25, 0.3) is 0 Å². The van der Waals surface area contributed by atoms with Crippen molar-refractivity contribution in [3.8, 4) is 0 Å². The van der Waals surface area contributed by atoms with Gasteiger partial charge in [0.1, 0.15) is 0 Å². The quantitative estimate of drug-likeness (QED) is 0.650. The van der Waals surface area contributed by atoms with Crippen LogP contribution in [0.4, 0.5) is 16.2 Å². The molecule has 0 radical (unpaired) electrons. The Labute approximate surface area is 103 Å². The number of hydrogen-bond donors (Lipinski definition) is 1. The molecule has 1 aromatic rings. The molecule has 1 heterocycles. The number of anilines is 1. The standard InChI is InChI=1S/C11H13N3O4/c1-18-5-4-13-7-8-2-3-9(14(16)17)6-10(8)12-11(13)15/h2-3,6H,4-5,7H2,1H3,(H,12,15). The van der Waals surface area contributed by atoms with Crippen LogP contribution in [0.15, 0.2) is 18.2 Å². The molecule has 1 N–H and O–H groups in total. The molecule has 18 heavy (non-hydrogen) atoms. The number of nitrogens with zero attached hydrogens (tertiary/aromatic N) is 2. The number of carbonyl (C=O) groups excluding carboxylic acids is 1. The number of nitro benzene ring substituents is 1. The van der Waals surface area contributed by atoms with E-state index in [4.69, 9.17) is 4.74 Å². The zero-order chi connectivity index (χ0) is 13.1. The molecule has 0 saturated heterocycles. The van der Waals surface area contributed by atoms with Crippen molar-refractivity contribution in [3.05, 3.63) is 33.9 Å². The highest BCUT2D eigenvalue weighted by Crippen LogP contribution is 2.27. The van der Waals surface area contributed by atoms with E-state index < -0.39 is 4.92 Å². The van der Waals surface area contributed by atoms with Crippen molar-refractivity contribution >= 4 is 17.4 Å². The first-order valence-electron chi connectivity index (χ1n) is 5.44. The number of nitro groups is 1. The van der Waals surface area contributed by atoms with Crippen LogP contribution in [-0.4, -0.2) is 36.1 Å². The second-order valence-electron chi connectivity index (χ2n) is 3.94. The van der Waals surface area contributed by atoms with E-state index in [1.54, 1.807) is 18.1 Å². The van der Waals surface area contributed by atoms with Crippen LogP contribution in [0.2, 0.25) is 0 Å². The van der Waals surface area contributed by atoms with Gasteiger partial charge in [-0.3, -0.25) is 10.1 Å². The molecule has 1 aromatic carbocycles. The third kappa shape index (κ3) is 2.40. The highest BCUT2D eigenvalue weighted by atomic mass is 16.6. The second kappa shape index (κ2) is 5.01. The molecule has 2 amide bonds. The average molecular weight is 251 g/mol. The van der Waals surface area contributed by atoms with Gasteiger partial charge in [-0.15, -0.1) is 0 Å². The Kier molecular flexibility index (Phi) is 3.42. The van der Waals surface area contributed by atoms with Gasteiger partial charge in [0.05, 0.1) is 17.2 Å². The van der Waals surface area contributed by atoms with Gasteiger partial charge in [-0.25, -0.2) is 4.79 Å². The van der Waals surface area contributed by atoms with Gasteiger partial charge in [0.25, 0.3) is 5.69 Å². The Hall–Kier alpha value is -2.15. The summed E-state index contributed by atoms with van der Waals surface area (Å²) in [7, 11) is 1.57. The summed E-state index contributed by atoms with van der Waals surface area (Å²) in [6.07, 6.45) is 0. The summed E-state index contributed by atoms with van der Waals surface area (Å²) >= 11 is 0. The third-order valence-corrected chi connectivity index (χ3v) is 2.76. The topological polar surface area (TPSA) is 84.7 Å². The van der Waals surface area contributed by atoms with E-state index in [0.717, 1.165) is 5.56 Å². The largest absolute Gasteiger partial charge is 0.383 e. The maximum Gasteiger partial charge on any atom is 0.322 e. The van der Waals surface area contributed by atoms with E-state index in [-0.39, 0.29) is 11.7 Å². The Morgan fingerprint density at radius 3 is 3.00 bits per heavy atom. The molecule has 0 spiro atoms. The van der Waals surface area contributed by atoms with E-state index in [1.807, 2.05) is 0 Å². The Morgan fingerprint density at radius 1 is 1.56 bits per heavy atom. The van der Waals surface area contributed by atoms with Gasteiger partial charge in [-0.05, 0) is 11.6 Å². The summed E-state index contributed by atoms with van der Waals surface area (Å²) < 4.78 is 4.92. The van der Waals surface area contributed by atoms with E-state index in [9.17, 15) is 14.9 Å². The molecular formula is C11H13N3O4. The number of rotatable bonds is 4. The first-order valence-corrected chi connectivity index (χ1v) is 5.44. The van der Waals surface area contributed by atoms with Crippen LogP contribution in [0.5, 0.6) is 0 Å². The van der Waals surface area contributed by atoms with Gasteiger partial charge in [0.15, 0.2) is 0 Å². The summed E-state index contributed by atoms with van der Waals surface area (Å²) in [4.78, 5) is 23.5. The van der Waals surface area contributed by atoms with Crippen LogP contribution in [0.3, 0.4) is 0 Å². The fraction of sp³-hybridized carbons (Fsp3) is 0.364. The van der Waals surface area contributed by atoms with Gasteiger partial charge >= 0.3 is 6.03 Å².